The molecule has 0 bridgehead atoms. The standard InChI is InChI=1S/C23H30N4O3/c28-23(18-26-12-14-29-15-13-26)27-10-8-25(9-11-27)17-21-5-1-2-6-22(21)30-19-20-4-3-7-24-16-20/h1-7,16H,8-15,17-19H2. The summed E-state index contributed by atoms with van der Waals surface area (Å²) in [5.74, 6) is 1.14. The molecule has 3 heterocycles. The number of carbonyl (C=O) groups excluding carboxylic acids is 1. The highest BCUT2D eigenvalue weighted by Gasteiger charge is 2.24. The number of nitrogens with zero attached hydrogens (tertiary/aromatic N) is 4. The summed E-state index contributed by atoms with van der Waals surface area (Å²) in [4.78, 5) is 23.3. The highest BCUT2D eigenvalue weighted by molar-refractivity contribution is 5.78. The van der Waals surface area contributed by atoms with Crippen molar-refractivity contribution in [1.82, 2.24) is 19.7 Å². The summed E-state index contributed by atoms with van der Waals surface area (Å²) in [5, 5.41) is 0. The molecule has 2 saturated heterocycles. The molecular weight excluding hydrogens is 380 g/mol. The minimum atomic E-state index is 0.233. The number of rotatable bonds is 7. The molecular formula is C23H30N4O3. The second-order valence-electron chi connectivity index (χ2n) is 7.80. The smallest absolute Gasteiger partial charge is 0.236 e. The van der Waals surface area contributed by atoms with Crippen LogP contribution in [0.1, 0.15) is 11.1 Å². The van der Waals surface area contributed by atoms with Crippen molar-refractivity contribution in [2.24, 2.45) is 0 Å². The van der Waals surface area contributed by atoms with Crippen molar-refractivity contribution in [3.63, 3.8) is 0 Å². The van der Waals surface area contributed by atoms with E-state index in [1.165, 1.54) is 5.56 Å². The maximum atomic E-state index is 12.6. The third-order valence-corrected chi connectivity index (χ3v) is 5.67. The van der Waals surface area contributed by atoms with Crippen LogP contribution in [-0.4, -0.2) is 84.6 Å². The second-order valence-corrected chi connectivity index (χ2v) is 7.80. The topological polar surface area (TPSA) is 58.1 Å². The van der Waals surface area contributed by atoms with Crippen LogP contribution in [-0.2, 0) is 22.7 Å². The summed E-state index contributed by atoms with van der Waals surface area (Å²) < 4.78 is 11.4. The monoisotopic (exact) mass is 410 g/mol. The van der Waals surface area contributed by atoms with E-state index < -0.39 is 0 Å². The minimum Gasteiger partial charge on any atom is -0.489 e. The zero-order chi connectivity index (χ0) is 20.6. The average molecular weight is 411 g/mol. The van der Waals surface area contributed by atoms with Crippen LogP contribution < -0.4 is 4.74 Å². The van der Waals surface area contributed by atoms with E-state index in [0.717, 1.165) is 70.3 Å². The van der Waals surface area contributed by atoms with Gasteiger partial charge in [-0.3, -0.25) is 19.6 Å². The Kier molecular flexibility index (Phi) is 7.29. The summed E-state index contributed by atoms with van der Waals surface area (Å²) in [6, 6.07) is 12.1. The third kappa shape index (κ3) is 5.78. The molecule has 160 valence electrons. The van der Waals surface area contributed by atoms with Gasteiger partial charge >= 0.3 is 0 Å². The number of piperazine rings is 1. The average Bonchev–Trinajstić information content (AvgIpc) is 2.80. The molecule has 0 aliphatic carbocycles. The summed E-state index contributed by atoms with van der Waals surface area (Å²) in [6.45, 7) is 8.31. The number of pyridine rings is 1. The number of benzene rings is 1. The van der Waals surface area contributed by atoms with Gasteiger partial charge < -0.3 is 14.4 Å². The van der Waals surface area contributed by atoms with Gasteiger partial charge in [0.05, 0.1) is 19.8 Å². The van der Waals surface area contributed by atoms with Gasteiger partial charge in [0.2, 0.25) is 5.91 Å². The van der Waals surface area contributed by atoms with Gasteiger partial charge in [0.15, 0.2) is 0 Å². The van der Waals surface area contributed by atoms with Gasteiger partial charge in [-0.1, -0.05) is 24.3 Å². The number of aromatic nitrogens is 1. The van der Waals surface area contributed by atoms with Crippen LogP contribution in [0.25, 0.3) is 0 Å². The molecule has 1 aromatic heterocycles. The Balaban J connectivity index is 1.26. The van der Waals surface area contributed by atoms with E-state index in [9.17, 15) is 4.79 Å². The van der Waals surface area contributed by atoms with E-state index in [2.05, 4.69) is 20.9 Å². The molecule has 2 fully saturated rings. The van der Waals surface area contributed by atoms with Gasteiger partial charge in [-0.2, -0.15) is 0 Å². The second kappa shape index (κ2) is 10.5. The molecule has 2 aliphatic heterocycles. The lowest BCUT2D eigenvalue weighted by Gasteiger charge is -2.36. The number of morpholine rings is 1. The normalized spacial score (nSPS) is 18.3. The van der Waals surface area contributed by atoms with Crippen molar-refractivity contribution >= 4 is 5.91 Å². The molecule has 2 aliphatic rings. The molecule has 0 radical (unpaired) electrons. The predicted octanol–water partition coefficient (Wildman–Crippen LogP) is 1.64. The highest BCUT2D eigenvalue weighted by atomic mass is 16.5. The van der Waals surface area contributed by atoms with E-state index in [4.69, 9.17) is 9.47 Å². The lowest BCUT2D eigenvalue weighted by atomic mass is 10.1. The molecule has 1 aromatic carbocycles. The molecule has 0 spiro atoms. The fourth-order valence-electron chi connectivity index (χ4n) is 3.87. The van der Waals surface area contributed by atoms with Crippen molar-refractivity contribution in [3.8, 4) is 5.75 Å². The molecule has 30 heavy (non-hydrogen) atoms. The van der Waals surface area contributed by atoms with Crippen molar-refractivity contribution in [3.05, 3.63) is 59.9 Å². The molecule has 7 nitrogen and oxygen atoms in total. The van der Waals surface area contributed by atoms with Gasteiger partial charge in [0, 0.05) is 69.3 Å². The van der Waals surface area contributed by atoms with Crippen LogP contribution >= 0.6 is 0 Å². The van der Waals surface area contributed by atoms with E-state index in [-0.39, 0.29) is 5.91 Å². The predicted molar refractivity (Wildman–Crippen MR) is 114 cm³/mol. The Morgan fingerprint density at radius 1 is 0.967 bits per heavy atom. The van der Waals surface area contributed by atoms with Crippen LogP contribution in [0.15, 0.2) is 48.8 Å². The molecule has 1 amide bonds. The summed E-state index contributed by atoms with van der Waals surface area (Å²) in [6.07, 6.45) is 3.60. The fourth-order valence-corrected chi connectivity index (χ4v) is 3.87. The number of para-hydroxylation sites is 1. The molecule has 7 heteroatoms. The SMILES string of the molecule is O=C(CN1CCOCC1)N1CCN(Cc2ccccc2OCc2cccnc2)CC1. The molecule has 0 N–H and O–H groups in total. The highest BCUT2D eigenvalue weighted by Crippen LogP contribution is 2.22. The number of hydrogen-bond donors (Lipinski definition) is 0. The first-order valence-electron chi connectivity index (χ1n) is 10.7. The minimum absolute atomic E-state index is 0.233. The first kappa shape index (κ1) is 20.8. The summed E-state index contributed by atoms with van der Waals surface area (Å²) >= 11 is 0. The van der Waals surface area contributed by atoms with Crippen molar-refractivity contribution in [2.45, 2.75) is 13.2 Å². The molecule has 4 rings (SSSR count). The lowest BCUT2D eigenvalue weighted by Crippen LogP contribution is -2.52. The van der Waals surface area contributed by atoms with Gasteiger partial charge in [0.25, 0.3) is 0 Å². The largest absolute Gasteiger partial charge is 0.489 e. The van der Waals surface area contributed by atoms with Crippen molar-refractivity contribution in [1.29, 1.82) is 0 Å². The lowest BCUT2D eigenvalue weighted by molar-refractivity contribution is -0.135. The quantitative estimate of drug-likeness (QED) is 0.692. The molecule has 0 saturated carbocycles. The number of ether oxygens (including phenoxy) is 2. The third-order valence-electron chi connectivity index (χ3n) is 5.67. The van der Waals surface area contributed by atoms with Crippen LogP contribution in [0.4, 0.5) is 0 Å². The maximum Gasteiger partial charge on any atom is 0.236 e. The Morgan fingerprint density at radius 3 is 2.53 bits per heavy atom. The Morgan fingerprint density at radius 2 is 1.77 bits per heavy atom. The van der Waals surface area contributed by atoms with Crippen LogP contribution in [0.2, 0.25) is 0 Å². The van der Waals surface area contributed by atoms with E-state index >= 15 is 0 Å². The van der Waals surface area contributed by atoms with Crippen LogP contribution in [0.5, 0.6) is 5.75 Å². The summed E-state index contributed by atoms with van der Waals surface area (Å²) in [5.41, 5.74) is 2.23. The van der Waals surface area contributed by atoms with Crippen LogP contribution in [0.3, 0.4) is 0 Å². The molecule has 0 atom stereocenters. The Bertz CT molecular complexity index is 803. The first-order valence-corrected chi connectivity index (χ1v) is 10.7. The Hall–Kier alpha value is -2.48. The summed E-state index contributed by atoms with van der Waals surface area (Å²) in [7, 11) is 0. The molecule has 0 unspecified atom stereocenters. The van der Waals surface area contributed by atoms with E-state index in [1.807, 2.05) is 41.4 Å². The van der Waals surface area contributed by atoms with Gasteiger partial charge in [0.1, 0.15) is 12.4 Å². The zero-order valence-corrected chi connectivity index (χ0v) is 17.4. The van der Waals surface area contributed by atoms with Gasteiger partial charge in [-0.15, -0.1) is 0 Å². The van der Waals surface area contributed by atoms with Crippen molar-refractivity contribution in [2.75, 3.05) is 59.0 Å². The zero-order valence-electron chi connectivity index (χ0n) is 17.4. The van der Waals surface area contributed by atoms with Gasteiger partial charge in [-0.25, -0.2) is 0 Å². The van der Waals surface area contributed by atoms with E-state index in [1.54, 1.807) is 6.20 Å². The number of carbonyl (C=O) groups is 1. The van der Waals surface area contributed by atoms with Gasteiger partial charge in [-0.05, 0) is 12.1 Å². The fraction of sp³-hybridized carbons (Fsp3) is 0.478. The Labute approximate surface area is 178 Å². The number of amides is 1. The molecule has 2 aromatic rings. The van der Waals surface area contributed by atoms with Crippen molar-refractivity contribution < 1.29 is 14.3 Å². The van der Waals surface area contributed by atoms with Crippen LogP contribution in [0, 0.1) is 0 Å². The van der Waals surface area contributed by atoms with E-state index in [0.29, 0.717) is 13.2 Å². The number of hydrogen-bond acceptors (Lipinski definition) is 6. The first-order chi connectivity index (χ1) is 14.8. The maximum absolute atomic E-state index is 12.6.